The molecule has 5 heteroatoms. The summed E-state index contributed by atoms with van der Waals surface area (Å²) in [7, 11) is 1.75. The van der Waals surface area contributed by atoms with E-state index in [0.29, 0.717) is 24.3 Å². The lowest BCUT2D eigenvalue weighted by Crippen LogP contribution is -2.37. The van der Waals surface area contributed by atoms with Gasteiger partial charge in [-0.2, -0.15) is 0 Å². The number of nitrogens with zero attached hydrogens (tertiary/aromatic N) is 2. The molecule has 5 nitrogen and oxygen atoms in total. The predicted molar refractivity (Wildman–Crippen MR) is 101 cm³/mol. The van der Waals surface area contributed by atoms with Crippen LogP contribution in [0.25, 0.3) is 22.0 Å². The lowest BCUT2D eigenvalue weighted by Gasteiger charge is -2.32. The van der Waals surface area contributed by atoms with E-state index in [2.05, 4.69) is 4.90 Å². The maximum Gasteiger partial charge on any atom is 0.251 e. The molecule has 1 aromatic heterocycles. The summed E-state index contributed by atoms with van der Waals surface area (Å²) in [6.07, 6.45) is 0. The van der Waals surface area contributed by atoms with Crippen molar-refractivity contribution in [3.8, 4) is 11.1 Å². The number of anilines is 1. The lowest BCUT2D eigenvalue weighted by molar-refractivity contribution is 0.103. The van der Waals surface area contributed by atoms with Crippen molar-refractivity contribution in [3.05, 3.63) is 63.9 Å². The molecular weight excluding hydrogens is 328 g/mol. The molecular formula is C21H18N2O3. The van der Waals surface area contributed by atoms with Crippen molar-refractivity contribution in [2.24, 2.45) is 7.05 Å². The summed E-state index contributed by atoms with van der Waals surface area (Å²) in [5.41, 5.74) is 4.71. The summed E-state index contributed by atoms with van der Waals surface area (Å²) in [6, 6.07) is 13.1. The lowest BCUT2D eigenvalue weighted by atomic mass is 9.83. The molecule has 0 saturated carbocycles. The van der Waals surface area contributed by atoms with Gasteiger partial charge in [0, 0.05) is 42.8 Å². The van der Waals surface area contributed by atoms with Crippen LogP contribution in [0, 0.1) is 0 Å². The van der Waals surface area contributed by atoms with Gasteiger partial charge in [-0.25, -0.2) is 0 Å². The van der Waals surface area contributed by atoms with Gasteiger partial charge in [0.1, 0.15) is 0 Å². The fourth-order valence-electron chi connectivity index (χ4n) is 4.10. The minimum atomic E-state index is -0.0678. The number of rotatable bonds is 1. The Morgan fingerprint density at radius 3 is 2.42 bits per heavy atom. The van der Waals surface area contributed by atoms with Gasteiger partial charge in [-0.1, -0.05) is 24.3 Å². The molecule has 1 aliphatic heterocycles. The van der Waals surface area contributed by atoms with E-state index < -0.39 is 0 Å². The van der Waals surface area contributed by atoms with Crippen LogP contribution >= 0.6 is 0 Å². The highest BCUT2D eigenvalue weighted by Crippen LogP contribution is 2.42. The van der Waals surface area contributed by atoms with E-state index in [4.69, 9.17) is 4.74 Å². The summed E-state index contributed by atoms with van der Waals surface area (Å²) >= 11 is 0. The summed E-state index contributed by atoms with van der Waals surface area (Å²) in [5, 5.41) is 0.875. The van der Waals surface area contributed by atoms with Crippen LogP contribution < -0.4 is 10.5 Å². The van der Waals surface area contributed by atoms with Gasteiger partial charge in [0.25, 0.3) is 5.56 Å². The van der Waals surface area contributed by atoms with Crippen LogP contribution in [-0.2, 0) is 11.8 Å². The van der Waals surface area contributed by atoms with E-state index >= 15 is 0 Å². The van der Waals surface area contributed by atoms with Crippen molar-refractivity contribution in [2.45, 2.75) is 0 Å². The number of aromatic nitrogens is 1. The first-order valence-electron chi connectivity index (χ1n) is 8.80. The Labute approximate surface area is 150 Å². The van der Waals surface area contributed by atoms with Gasteiger partial charge in [0.15, 0.2) is 5.78 Å². The highest BCUT2D eigenvalue weighted by molar-refractivity contribution is 6.28. The van der Waals surface area contributed by atoms with E-state index in [1.54, 1.807) is 17.7 Å². The zero-order valence-corrected chi connectivity index (χ0v) is 14.5. The van der Waals surface area contributed by atoms with Gasteiger partial charge in [-0.3, -0.25) is 9.59 Å². The summed E-state index contributed by atoms with van der Waals surface area (Å²) < 4.78 is 7.08. The summed E-state index contributed by atoms with van der Waals surface area (Å²) in [5.74, 6) is 0.0267. The Hall–Kier alpha value is -2.92. The van der Waals surface area contributed by atoms with Crippen LogP contribution in [0.1, 0.15) is 15.9 Å². The average molecular weight is 346 g/mol. The van der Waals surface area contributed by atoms with Gasteiger partial charge in [-0.05, 0) is 23.3 Å². The van der Waals surface area contributed by atoms with Crippen molar-refractivity contribution in [3.63, 3.8) is 0 Å². The van der Waals surface area contributed by atoms with Gasteiger partial charge in [0.2, 0.25) is 0 Å². The molecule has 0 unspecified atom stereocenters. The second-order valence-corrected chi connectivity index (χ2v) is 6.78. The first kappa shape index (κ1) is 15.3. The first-order valence-corrected chi connectivity index (χ1v) is 8.80. The minimum absolute atomic E-state index is 0.0267. The molecule has 1 aliphatic carbocycles. The molecule has 0 spiro atoms. The molecule has 0 radical (unpaired) electrons. The number of fused-ring (bicyclic) bond motifs is 2. The van der Waals surface area contributed by atoms with E-state index in [9.17, 15) is 9.59 Å². The van der Waals surface area contributed by atoms with Crippen LogP contribution in [0.4, 0.5) is 5.69 Å². The third kappa shape index (κ3) is 2.01. The van der Waals surface area contributed by atoms with E-state index in [1.165, 1.54) is 0 Å². The van der Waals surface area contributed by atoms with Crippen LogP contribution in [0.15, 0.2) is 47.3 Å². The maximum absolute atomic E-state index is 13.4. The fourth-order valence-corrected chi connectivity index (χ4v) is 4.10. The number of hydrogen-bond donors (Lipinski definition) is 0. The second kappa shape index (κ2) is 5.54. The van der Waals surface area contributed by atoms with Crippen LogP contribution in [0.5, 0.6) is 0 Å². The van der Waals surface area contributed by atoms with Crippen LogP contribution in [0.2, 0.25) is 0 Å². The topological polar surface area (TPSA) is 51.5 Å². The predicted octanol–water partition coefficient (Wildman–Crippen LogP) is 2.59. The van der Waals surface area contributed by atoms with Gasteiger partial charge < -0.3 is 14.2 Å². The van der Waals surface area contributed by atoms with Crippen molar-refractivity contribution >= 4 is 22.4 Å². The Morgan fingerprint density at radius 1 is 0.923 bits per heavy atom. The quantitative estimate of drug-likeness (QED) is 0.532. The first-order chi connectivity index (χ1) is 12.7. The van der Waals surface area contributed by atoms with E-state index in [0.717, 1.165) is 40.8 Å². The van der Waals surface area contributed by atoms with Gasteiger partial charge >= 0.3 is 0 Å². The number of ether oxygens (including phenoxy) is 1. The van der Waals surface area contributed by atoms with Crippen LogP contribution in [0.3, 0.4) is 0 Å². The SMILES string of the molecule is Cn1c(=O)cc2c3c(c(N4CCOCC4)ccc31)C(=O)c1ccccc1-2. The molecule has 2 heterocycles. The Balaban J connectivity index is 1.92. The zero-order valence-electron chi connectivity index (χ0n) is 14.5. The molecule has 0 N–H and O–H groups in total. The number of pyridine rings is 1. The molecule has 0 bridgehead atoms. The highest BCUT2D eigenvalue weighted by Gasteiger charge is 2.30. The number of aryl methyl sites for hydroxylation is 1. The van der Waals surface area contributed by atoms with Crippen molar-refractivity contribution in [1.29, 1.82) is 0 Å². The second-order valence-electron chi connectivity index (χ2n) is 6.78. The Kier molecular flexibility index (Phi) is 3.27. The molecule has 1 fully saturated rings. The summed E-state index contributed by atoms with van der Waals surface area (Å²) in [4.78, 5) is 28.1. The zero-order chi connectivity index (χ0) is 17.8. The standard InChI is InChI=1S/C21H18N2O3/c1-22-16-6-7-17(23-8-10-26-11-9-23)20-19(16)15(12-18(22)24)13-4-2-3-5-14(13)21(20)25/h2-7,12H,8-11H2,1H3. The minimum Gasteiger partial charge on any atom is -0.378 e. The molecule has 130 valence electrons. The molecule has 1 saturated heterocycles. The molecule has 3 aromatic rings. The maximum atomic E-state index is 13.4. The largest absolute Gasteiger partial charge is 0.378 e. The van der Waals surface area contributed by atoms with Crippen LogP contribution in [-0.4, -0.2) is 36.7 Å². The highest BCUT2D eigenvalue weighted by atomic mass is 16.5. The number of carbonyl (C=O) groups is 1. The molecule has 2 aromatic carbocycles. The smallest absolute Gasteiger partial charge is 0.251 e. The summed E-state index contributed by atoms with van der Waals surface area (Å²) in [6.45, 7) is 2.83. The van der Waals surface area contributed by atoms with E-state index in [1.807, 2.05) is 36.4 Å². The number of morpholine rings is 1. The van der Waals surface area contributed by atoms with Crippen molar-refractivity contribution in [2.75, 3.05) is 31.2 Å². The molecule has 0 amide bonds. The third-order valence-corrected chi connectivity index (χ3v) is 5.43. The monoisotopic (exact) mass is 346 g/mol. The number of carbonyl (C=O) groups excluding carboxylic acids is 1. The Bertz CT molecular complexity index is 1120. The fraction of sp³-hybridized carbons (Fsp3) is 0.238. The normalized spacial score (nSPS) is 16.0. The molecule has 26 heavy (non-hydrogen) atoms. The van der Waals surface area contributed by atoms with Gasteiger partial charge in [0.05, 0.1) is 24.3 Å². The number of ketones is 1. The third-order valence-electron chi connectivity index (χ3n) is 5.43. The molecule has 5 rings (SSSR count). The van der Waals surface area contributed by atoms with Crippen molar-refractivity contribution in [1.82, 2.24) is 4.57 Å². The average Bonchev–Trinajstić information content (AvgIpc) is 2.69. The molecule has 2 aliphatic rings. The van der Waals surface area contributed by atoms with Gasteiger partial charge in [-0.15, -0.1) is 0 Å². The number of benzene rings is 2. The molecule has 0 atom stereocenters. The Morgan fingerprint density at radius 2 is 1.65 bits per heavy atom. The van der Waals surface area contributed by atoms with Crippen molar-refractivity contribution < 1.29 is 9.53 Å². The van der Waals surface area contributed by atoms with E-state index in [-0.39, 0.29) is 11.3 Å². The number of hydrogen-bond acceptors (Lipinski definition) is 4.